The predicted octanol–water partition coefficient (Wildman–Crippen LogP) is 2.99. The van der Waals surface area contributed by atoms with Gasteiger partial charge in [-0.05, 0) is 12.5 Å². The van der Waals surface area contributed by atoms with Crippen molar-refractivity contribution < 1.29 is 0 Å². The summed E-state index contributed by atoms with van der Waals surface area (Å²) in [6.07, 6.45) is 3.05. The van der Waals surface area contributed by atoms with E-state index in [1.54, 1.807) is 11.3 Å². The molecule has 0 amide bonds. The molecular formula is C12H16ClN3S. The van der Waals surface area contributed by atoms with Crippen LogP contribution in [0.1, 0.15) is 23.1 Å². The smallest absolute Gasteiger partial charge is 0.0666 e. The maximum atomic E-state index is 5.88. The molecule has 0 aliphatic heterocycles. The van der Waals surface area contributed by atoms with Gasteiger partial charge in [0.25, 0.3) is 0 Å². The zero-order valence-electron chi connectivity index (χ0n) is 10.0. The van der Waals surface area contributed by atoms with Crippen LogP contribution in [0, 0.1) is 0 Å². The lowest BCUT2D eigenvalue weighted by atomic mass is 10.2. The Balaban J connectivity index is 1.89. The van der Waals surface area contributed by atoms with Gasteiger partial charge < -0.3 is 5.32 Å². The molecule has 92 valence electrons. The summed E-state index contributed by atoms with van der Waals surface area (Å²) in [5.74, 6) is 0. The molecule has 0 fully saturated rings. The van der Waals surface area contributed by atoms with Crippen molar-refractivity contribution >= 4 is 22.9 Å². The van der Waals surface area contributed by atoms with E-state index in [0.717, 1.165) is 24.5 Å². The van der Waals surface area contributed by atoms with Crippen LogP contribution in [0.25, 0.3) is 0 Å². The van der Waals surface area contributed by atoms with Gasteiger partial charge >= 0.3 is 0 Å². The van der Waals surface area contributed by atoms with E-state index in [1.807, 2.05) is 23.2 Å². The van der Waals surface area contributed by atoms with E-state index in [1.165, 1.54) is 16.1 Å². The Morgan fingerprint density at radius 2 is 2.29 bits per heavy atom. The van der Waals surface area contributed by atoms with Crippen molar-refractivity contribution in [3.63, 3.8) is 0 Å². The topological polar surface area (TPSA) is 29.9 Å². The summed E-state index contributed by atoms with van der Waals surface area (Å²) < 4.78 is 1.87. The Labute approximate surface area is 110 Å². The molecule has 0 radical (unpaired) electrons. The summed E-state index contributed by atoms with van der Waals surface area (Å²) in [6, 6.07) is 2.00. The number of hydrogen-bond donors (Lipinski definition) is 1. The van der Waals surface area contributed by atoms with Crippen LogP contribution in [0.5, 0.6) is 0 Å². The van der Waals surface area contributed by atoms with Crippen LogP contribution in [0.15, 0.2) is 17.6 Å². The Morgan fingerprint density at radius 1 is 1.47 bits per heavy atom. The monoisotopic (exact) mass is 269 g/mol. The maximum Gasteiger partial charge on any atom is 0.0666 e. The van der Waals surface area contributed by atoms with E-state index in [4.69, 9.17) is 11.6 Å². The van der Waals surface area contributed by atoms with E-state index >= 15 is 0 Å². The molecule has 0 bridgehead atoms. The maximum absolute atomic E-state index is 5.88. The molecule has 0 saturated heterocycles. The fourth-order valence-corrected chi connectivity index (χ4v) is 2.84. The quantitative estimate of drug-likeness (QED) is 0.904. The molecule has 0 aliphatic rings. The first-order valence-corrected chi connectivity index (χ1v) is 6.90. The number of nitrogens with one attached hydrogen (secondary N) is 1. The van der Waals surface area contributed by atoms with Gasteiger partial charge in [-0.25, -0.2) is 0 Å². The summed E-state index contributed by atoms with van der Waals surface area (Å²) in [5.41, 5.74) is 2.45. The summed E-state index contributed by atoms with van der Waals surface area (Å²) in [4.78, 5) is 1.26. The Morgan fingerprint density at radius 3 is 2.94 bits per heavy atom. The molecule has 2 aromatic rings. The van der Waals surface area contributed by atoms with Gasteiger partial charge in [-0.1, -0.05) is 18.5 Å². The van der Waals surface area contributed by atoms with Gasteiger partial charge in [-0.3, -0.25) is 4.68 Å². The number of aromatic nitrogens is 2. The van der Waals surface area contributed by atoms with Crippen molar-refractivity contribution in [3.8, 4) is 0 Å². The molecular weight excluding hydrogens is 254 g/mol. The van der Waals surface area contributed by atoms with Crippen molar-refractivity contribution in [2.24, 2.45) is 7.05 Å². The molecule has 0 unspecified atom stereocenters. The van der Waals surface area contributed by atoms with Crippen LogP contribution < -0.4 is 5.32 Å². The summed E-state index contributed by atoms with van der Waals surface area (Å²) in [7, 11) is 1.96. The van der Waals surface area contributed by atoms with E-state index in [0.29, 0.717) is 0 Å². The minimum atomic E-state index is 0.822. The van der Waals surface area contributed by atoms with Crippen LogP contribution in [0.4, 0.5) is 0 Å². The highest BCUT2D eigenvalue weighted by Crippen LogP contribution is 2.18. The third kappa shape index (κ3) is 3.31. The number of aryl methyl sites for hydroxylation is 2. The number of hydrogen-bond acceptors (Lipinski definition) is 3. The van der Waals surface area contributed by atoms with Crippen molar-refractivity contribution in [2.45, 2.75) is 26.4 Å². The second kappa shape index (κ2) is 5.67. The molecule has 2 rings (SSSR count). The van der Waals surface area contributed by atoms with Gasteiger partial charge in [-0.2, -0.15) is 5.10 Å². The zero-order valence-corrected chi connectivity index (χ0v) is 11.6. The van der Waals surface area contributed by atoms with E-state index in [-0.39, 0.29) is 0 Å². The van der Waals surface area contributed by atoms with Crippen LogP contribution in [0.3, 0.4) is 0 Å². The lowest BCUT2D eigenvalue weighted by molar-refractivity contribution is 0.695. The summed E-state index contributed by atoms with van der Waals surface area (Å²) in [6.45, 7) is 3.84. The largest absolute Gasteiger partial charge is 0.308 e. The van der Waals surface area contributed by atoms with Crippen LogP contribution >= 0.6 is 22.9 Å². The second-order valence-electron chi connectivity index (χ2n) is 3.96. The fraction of sp³-hybridized carbons (Fsp3) is 0.417. The summed E-state index contributed by atoms with van der Waals surface area (Å²) in [5, 5.41) is 10.6. The molecule has 2 heterocycles. The van der Waals surface area contributed by atoms with Crippen LogP contribution in [0.2, 0.25) is 5.02 Å². The van der Waals surface area contributed by atoms with Crippen molar-refractivity contribution in [3.05, 3.63) is 38.8 Å². The molecule has 0 spiro atoms. The molecule has 1 N–H and O–H groups in total. The Bertz CT molecular complexity index is 490. The summed E-state index contributed by atoms with van der Waals surface area (Å²) >= 11 is 7.56. The van der Waals surface area contributed by atoms with Crippen LogP contribution in [-0.4, -0.2) is 9.78 Å². The number of thiophene rings is 1. The van der Waals surface area contributed by atoms with Gasteiger partial charge in [0.05, 0.1) is 10.7 Å². The van der Waals surface area contributed by atoms with E-state index in [9.17, 15) is 0 Å². The highest BCUT2D eigenvalue weighted by Gasteiger charge is 2.05. The first-order chi connectivity index (χ1) is 8.19. The average Bonchev–Trinajstić information content (AvgIpc) is 2.85. The highest BCUT2D eigenvalue weighted by molar-refractivity contribution is 7.10. The minimum Gasteiger partial charge on any atom is -0.308 e. The standard InChI is InChI=1S/C12H16ClN3S/c1-3-12-9(7-16(2)15-12)5-14-6-11-4-10(13)8-17-11/h4,7-8,14H,3,5-6H2,1-2H3. The minimum absolute atomic E-state index is 0.822. The lowest BCUT2D eigenvalue weighted by Crippen LogP contribution is -2.12. The van der Waals surface area contributed by atoms with Gasteiger partial charge in [0, 0.05) is 42.2 Å². The Hall–Kier alpha value is -0.840. The molecule has 2 aromatic heterocycles. The first-order valence-electron chi connectivity index (χ1n) is 5.64. The first kappa shape index (κ1) is 12.6. The normalized spacial score (nSPS) is 11.0. The zero-order chi connectivity index (χ0) is 12.3. The number of nitrogens with zero attached hydrogens (tertiary/aromatic N) is 2. The molecule has 3 nitrogen and oxygen atoms in total. The van der Waals surface area contributed by atoms with Gasteiger partial charge in [0.15, 0.2) is 0 Å². The SMILES string of the molecule is CCc1nn(C)cc1CNCc1cc(Cl)cs1. The second-order valence-corrected chi connectivity index (χ2v) is 5.40. The predicted molar refractivity (Wildman–Crippen MR) is 72.5 cm³/mol. The Kier molecular flexibility index (Phi) is 4.20. The molecule has 17 heavy (non-hydrogen) atoms. The third-order valence-corrected chi connectivity index (χ3v) is 3.85. The molecule has 0 aromatic carbocycles. The molecule has 0 atom stereocenters. The number of rotatable bonds is 5. The van der Waals surface area contributed by atoms with E-state index in [2.05, 4.69) is 23.5 Å². The van der Waals surface area contributed by atoms with Crippen molar-refractivity contribution in [2.75, 3.05) is 0 Å². The number of halogens is 1. The highest BCUT2D eigenvalue weighted by atomic mass is 35.5. The van der Waals surface area contributed by atoms with Gasteiger partial charge in [0.2, 0.25) is 0 Å². The van der Waals surface area contributed by atoms with Crippen molar-refractivity contribution in [1.29, 1.82) is 0 Å². The van der Waals surface area contributed by atoms with Gasteiger partial charge in [-0.15, -0.1) is 11.3 Å². The van der Waals surface area contributed by atoms with Gasteiger partial charge in [0.1, 0.15) is 0 Å². The van der Waals surface area contributed by atoms with E-state index < -0.39 is 0 Å². The third-order valence-electron chi connectivity index (χ3n) is 2.56. The van der Waals surface area contributed by atoms with Crippen molar-refractivity contribution in [1.82, 2.24) is 15.1 Å². The lowest BCUT2D eigenvalue weighted by Gasteiger charge is -2.02. The fourth-order valence-electron chi connectivity index (χ4n) is 1.80. The van der Waals surface area contributed by atoms with Crippen LogP contribution in [-0.2, 0) is 26.6 Å². The molecule has 5 heteroatoms. The average molecular weight is 270 g/mol. The molecule has 0 aliphatic carbocycles. The molecule has 0 saturated carbocycles.